The van der Waals surface area contributed by atoms with Gasteiger partial charge in [0, 0.05) is 0 Å². The van der Waals surface area contributed by atoms with Crippen LogP contribution in [0.15, 0.2) is 11.1 Å². The van der Waals surface area contributed by atoms with Crippen molar-refractivity contribution in [2.75, 3.05) is 0 Å². The molecule has 0 fully saturated rings. The minimum atomic E-state index is 0.491. The normalized spacial score (nSPS) is 36.2. The van der Waals surface area contributed by atoms with E-state index in [9.17, 15) is 0 Å². The molecule has 3 atom stereocenters. The molecule has 0 nitrogen and oxygen atoms in total. The average molecular weight is 220 g/mol. The molecule has 0 aromatic rings. The Bertz CT molecular complexity index is 290. The van der Waals surface area contributed by atoms with Crippen molar-refractivity contribution in [2.45, 2.75) is 66.7 Å². The van der Waals surface area contributed by atoms with Gasteiger partial charge in [-0.3, -0.25) is 0 Å². The minimum absolute atomic E-state index is 0.491. The first-order chi connectivity index (χ1) is 7.39. The van der Waals surface area contributed by atoms with Crippen molar-refractivity contribution in [1.29, 1.82) is 0 Å². The molecule has 2 aliphatic rings. The fraction of sp³-hybridized carbons (Fsp3) is 0.875. The van der Waals surface area contributed by atoms with Crippen molar-refractivity contribution in [3.63, 3.8) is 0 Å². The van der Waals surface area contributed by atoms with Crippen LogP contribution in [-0.4, -0.2) is 0 Å². The van der Waals surface area contributed by atoms with Crippen LogP contribution in [-0.2, 0) is 0 Å². The predicted octanol–water partition coefficient (Wildman–Crippen LogP) is 5.20. The maximum absolute atomic E-state index is 2.46. The topological polar surface area (TPSA) is 0 Å². The molecular weight excluding hydrogens is 192 g/mol. The van der Waals surface area contributed by atoms with Crippen LogP contribution in [0, 0.1) is 23.2 Å². The quantitative estimate of drug-likeness (QED) is 0.492. The van der Waals surface area contributed by atoms with Crippen LogP contribution >= 0.6 is 0 Å². The molecule has 0 saturated heterocycles. The highest BCUT2D eigenvalue weighted by Crippen LogP contribution is 2.47. The summed E-state index contributed by atoms with van der Waals surface area (Å²) in [5, 5.41) is 0. The van der Waals surface area contributed by atoms with Crippen LogP contribution < -0.4 is 0 Å². The molecule has 2 aliphatic carbocycles. The van der Waals surface area contributed by atoms with Crippen LogP contribution in [0.2, 0.25) is 0 Å². The Hall–Kier alpha value is -0.260. The van der Waals surface area contributed by atoms with Crippen LogP contribution in [0.25, 0.3) is 0 Å². The zero-order valence-electron chi connectivity index (χ0n) is 11.8. The summed E-state index contributed by atoms with van der Waals surface area (Å²) in [6.07, 6.45) is 7.07. The highest BCUT2D eigenvalue weighted by molar-refractivity contribution is 5.26. The van der Waals surface area contributed by atoms with Crippen LogP contribution in [0.1, 0.15) is 66.7 Å². The molecule has 0 radical (unpaired) electrons. The average Bonchev–Trinajstić information content (AvgIpc) is 2.42. The first-order valence-electron chi connectivity index (χ1n) is 7.11. The molecule has 0 heterocycles. The Kier molecular flexibility index (Phi) is 3.20. The third-order valence-electron chi connectivity index (χ3n) is 5.09. The van der Waals surface area contributed by atoms with E-state index in [0.29, 0.717) is 5.41 Å². The van der Waals surface area contributed by atoms with Crippen molar-refractivity contribution in [2.24, 2.45) is 23.2 Å². The molecular formula is C16H28. The zero-order chi connectivity index (χ0) is 11.9. The Morgan fingerprint density at radius 2 is 1.50 bits per heavy atom. The summed E-state index contributed by atoms with van der Waals surface area (Å²) in [6, 6.07) is 0. The summed E-state index contributed by atoms with van der Waals surface area (Å²) < 4.78 is 0. The molecule has 0 amide bonds. The van der Waals surface area contributed by atoms with Crippen molar-refractivity contribution in [1.82, 2.24) is 0 Å². The maximum Gasteiger partial charge on any atom is -0.0226 e. The molecule has 0 bridgehead atoms. The number of hydrogen-bond donors (Lipinski definition) is 0. The molecule has 0 N–H and O–H groups in total. The van der Waals surface area contributed by atoms with Gasteiger partial charge in [0.2, 0.25) is 0 Å². The predicted molar refractivity (Wildman–Crippen MR) is 71.4 cm³/mol. The van der Waals surface area contributed by atoms with Gasteiger partial charge in [-0.25, -0.2) is 0 Å². The first kappa shape index (κ1) is 12.2. The largest absolute Gasteiger partial charge is 0.0679 e. The van der Waals surface area contributed by atoms with Crippen LogP contribution in [0.3, 0.4) is 0 Å². The van der Waals surface area contributed by atoms with Gasteiger partial charge in [0.25, 0.3) is 0 Å². The molecule has 2 rings (SSSR count). The molecule has 0 spiro atoms. The van der Waals surface area contributed by atoms with Gasteiger partial charge in [0.1, 0.15) is 0 Å². The lowest BCUT2D eigenvalue weighted by atomic mass is 9.74. The third-order valence-corrected chi connectivity index (χ3v) is 5.09. The minimum Gasteiger partial charge on any atom is -0.0679 e. The zero-order valence-corrected chi connectivity index (χ0v) is 11.8. The van der Waals surface area contributed by atoms with Crippen molar-refractivity contribution >= 4 is 0 Å². The van der Waals surface area contributed by atoms with E-state index in [0.717, 1.165) is 17.8 Å². The fourth-order valence-electron chi connectivity index (χ4n) is 3.65. The Morgan fingerprint density at radius 3 is 2.12 bits per heavy atom. The van der Waals surface area contributed by atoms with E-state index in [1.54, 1.807) is 0 Å². The maximum atomic E-state index is 2.46. The lowest BCUT2D eigenvalue weighted by Crippen LogP contribution is -2.21. The van der Waals surface area contributed by atoms with Gasteiger partial charge in [-0.15, -0.1) is 0 Å². The van der Waals surface area contributed by atoms with Crippen LogP contribution in [0.5, 0.6) is 0 Å². The number of hydrogen-bond acceptors (Lipinski definition) is 0. The molecule has 0 aliphatic heterocycles. The van der Waals surface area contributed by atoms with E-state index in [1.807, 2.05) is 11.1 Å². The SMILES string of the molecule is C[C@H]1CC[C@@H](C(C)(C)C)CC2=C1CC[C@@H]2C. The van der Waals surface area contributed by atoms with Crippen LogP contribution in [0.4, 0.5) is 0 Å². The van der Waals surface area contributed by atoms with Crippen molar-refractivity contribution in [3.8, 4) is 0 Å². The standard InChI is InChI=1S/C16H28/c1-11-6-8-13(16(3,4)5)10-15-12(2)7-9-14(11)15/h11-13H,6-10H2,1-5H3/t11-,12-,13+/m0/s1. The third kappa shape index (κ3) is 2.21. The Balaban J connectivity index is 2.23. The second-order valence-corrected chi connectivity index (χ2v) is 7.24. The van der Waals surface area contributed by atoms with E-state index in [2.05, 4.69) is 34.6 Å². The first-order valence-corrected chi connectivity index (χ1v) is 7.11. The van der Waals surface area contributed by atoms with Crippen molar-refractivity contribution < 1.29 is 0 Å². The van der Waals surface area contributed by atoms with Gasteiger partial charge < -0.3 is 0 Å². The highest BCUT2D eigenvalue weighted by atomic mass is 14.4. The molecule has 0 aromatic heterocycles. The second kappa shape index (κ2) is 4.20. The van der Waals surface area contributed by atoms with Gasteiger partial charge in [-0.05, 0) is 55.3 Å². The summed E-state index contributed by atoms with van der Waals surface area (Å²) in [5.41, 5.74) is 4.19. The summed E-state index contributed by atoms with van der Waals surface area (Å²) in [5.74, 6) is 2.65. The van der Waals surface area contributed by atoms with Crippen molar-refractivity contribution in [3.05, 3.63) is 11.1 Å². The second-order valence-electron chi connectivity index (χ2n) is 7.24. The summed E-state index contributed by atoms with van der Waals surface area (Å²) in [7, 11) is 0. The summed E-state index contributed by atoms with van der Waals surface area (Å²) >= 11 is 0. The van der Waals surface area contributed by atoms with Gasteiger partial charge in [0.15, 0.2) is 0 Å². The molecule has 16 heavy (non-hydrogen) atoms. The Labute approximate surface area is 102 Å². The monoisotopic (exact) mass is 220 g/mol. The number of allylic oxidation sites excluding steroid dienone is 2. The molecule has 0 unspecified atom stereocenters. The van der Waals surface area contributed by atoms with E-state index >= 15 is 0 Å². The highest BCUT2D eigenvalue weighted by Gasteiger charge is 2.34. The summed E-state index contributed by atoms with van der Waals surface area (Å²) in [6.45, 7) is 12.2. The molecule has 92 valence electrons. The van der Waals surface area contributed by atoms with Gasteiger partial charge in [0.05, 0.1) is 0 Å². The molecule has 0 saturated carbocycles. The summed E-state index contributed by atoms with van der Waals surface area (Å²) in [4.78, 5) is 0. The van der Waals surface area contributed by atoms with E-state index in [4.69, 9.17) is 0 Å². The number of rotatable bonds is 0. The fourth-order valence-corrected chi connectivity index (χ4v) is 3.65. The van der Waals surface area contributed by atoms with E-state index in [-0.39, 0.29) is 0 Å². The lowest BCUT2D eigenvalue weighted by molar-refractivity contribution is 0.215. The smallest absolute Gasteiger partial charge is 0.0226 e. The van der Waals surface area contributed by atoms with Gasteiger partial charge in [-0.2, -0.15) is 0 Å². The van der Waals surface area contributed by atoms with Gasteiger partial charge in [-0.1, -0.05) is 45.8 Å². The van der Waals surface area contributed by atoms with E-state index in [1.165, 1.54) is 32.1 Å². The lowest BCUT2D eigenvalue weighted by Gasteiger charge is -2.31. The van der Waals surface area contributed by atoms with Gasteiger partial charge >= 0.3 is 0 Å². The molecule has 0 aromatic carbocycles. The van der Waals surface area contributed by atoms with E-state index < -0.39 is 0 Å². The Morgan fingerprint density at radius 1 is 0.875 bits per heavy atom. The molecule has 0 heteroatoms.